The third-order valence-corrected chi connectivity index (χ3v) is 4.79. The predicted octanol–water partition coefficient (Wildman–Crippen LogP) is 4.49. The maximum Gasteiger partial charge on any atom is 0.309 e. The third kappa shape index (κ3) is 6.60. The van der Waals surface area contributed by atoms with Gasteiger partial charge in [0.1, 0.15) is 0 Å². The van der Waals surface area contributed by atoms with Crippen molar-refractivity contribution in [3.63, 3.8) is 0 Å². The molecule has 0 N–H and O–H groups in total. The van der Waals surface area contributed by atoms with Crippen LogP contribution in [0.25, 0.3) is 0 Å². The van der Waals surface area contributed by atoms with Crippen molar-refractivity contribution >= 4 is 17.5 Å². The number of esters is 1. The van der Waals surface area contributed by atoms with Crippen LogP contribution in [0.5, 0.6) is 0 Å². The summed E-state index contributed by atoms with van der Waals surface area (Å²) in [6.45, 7) is 9.05. The van der Waals surface area contributed by atoms with E-state index in [4.69, 9.17) is 4.74 Å². The summed E-state index contributed by atoms with van der Waals surface area (Å²) in [5.74, 6) is -0.298. The summed E-state index contributed by atoms with van der Waals surface area (Å²) < 4.78 is 4.92. The van der Waals surface area contributed by atoms with Crippen molar-refractivity contribution in [3.05, 3.63) is 35.6 Å². The summed E-state index contributed by atoms with van der Waals surface area (Å²) >= 11 is 0. The van der Waals surface area contributed by atoms with Gasteiger partial charge in [0, 0.05) is 22.3 Å². The van der Waals surface area contributed by atoms with Gasteiger partial charge in [-0.2, -0.15) is 0 Å². The minimum absolute atomic E-state index is 0.0178. The average Bonchev–Trinajstić information content (AvgIpc) is 2.61. The lowest BCUT2D eigenvalue weighted by atomic mass is 9.84. The number of rotatable bonds is 11. The van der Waals surface area contributed by atoms with Crippen LogP contribution in [0.15, 0.2) is 22.3 Å². The van der Waals surface area contributed by atoms with Crippen LogP contribution in [0.1, 0.15) is 72.1 Å². The Morgan fingerprint density at radius 3 is 1.96 bits per heavy atom. The van der Waals surface area contributed by atoms with Crippen LogP contribution in [0, 0.1) is 13.3 Å². The lowest BCUT2D eigenvalue weighted by molar-refractivity contribution is -0.139. The fraction of sp³-hybridized carbons (Fsp3) is 0.571. The molecule has 4 nitrogen and oxygen atoms in total. The van der Waals surface area contributed by atoms with Gasteiger partial charge in [0.05, 0.1) is 13.0 Å². The summed E-state index contributed by atoms with van der Waals surface area (Å²) in [7, 11) is 0. The van der Waals surface area contributed by atoms with Crippen molar-refractivity contribution < 1.29 is 19.1 Å². The lowest BCUT2D eigenvalue weighted by Gasteiger charge is -2.18. The minimum Gasteiger partial charge on any atom is -0.465 e. The van der Waals surface area contributed by atoms with Crippen molar-refractivity contribution in [2.45, 2.75) is 72.1 Å². The number of hydrogen-bond donors (Lipinski definition) is 0. The van der Waals surface area contributed by atoms with Crippen molar-refractivity contribution in [1.29, 1.82) is 0 Å². The highest BCUT2D eigenvalue weighted by molar-refractivity contribution is 6.24. The summed E-state index contributed by atoms with van der Waals surface area (Å²) in [6.07, 6.45) is 9.18. The van der Waals surface area contributed by atoms with Gasteiger partial charge < -0.3 is 4.74 Å². The number of carbonyl (C=O) groups is 3. The highest BCUT2D eigenvalue weighted by Gasteiger charge is 2.26. The van der Waals surface area contributed by atoms with Crippen LogP contribution in [-0.2, 0) is 19.1 Å². The van der Waals surface area contributed by atoms with Gasteiger partial charge in [0.2, 0.25) is 0 Å². The minimum atomic E-state index is -0.361. The van der Waals surface area contributed by atoms with Gasteiger partial charge >= 0.3 is 5.97 Å². The molecule has 0 aromatic rings. The molecule has 0 spiro atoms. The molecule has 1 aliphatic rings. The second kappa shape index (κ2) is 11.0. The van der Waals surface area contributed by atoms with E-state index in [-0.39, 0.29) is 17.5 Å². The zero-order valence-corrected chi connectivity index (χ0v) is 15.8. The van der Waals surface area contributed by atoms with Crippen molar-refractivity contribution in [3.8, 4) is 0 Å². The quantitative estimate of drug-likeness (QED) is 0.314. The van der Waals surface area contributed by atoms with E-state index in [0.717, 1.165) is 44.9 Å². The molecule has 0 heterocycles. The summed E-state index contributed by atoms with van der Waals surface area (Å²) in [4.78, 5) is 35.3. The highest BCUT2D eigenvalue weighted by Crippen LogP contribution is 2.27. The molecule has 1 rings (SSSR count). The van der Waals surface area contributed by atoms with Crippen LogP contribution >= 0.6 is 0 Å². The monoisotopic (exact) mass is 346 g/mol. The topological polar surface area (TPSA) is 60.4 Å². The largest absolute Gasteiger partial charge is 0.465 e. The molecule has 4 heteroatoms. The Labute approximate surface area is 151 Å². The van der Waals surface area contributed by atoms with Gasteiger partial charge in [-0.3, -0.25) is 14.4 Å². The van der Waals surface area contributed by atoms with E-state index >= 15 is 0 Å². The number of hydrogen-bond acceptors (Lipinski definition) is 4. The second-order valence-electron chi connectivity index (χ2n) is 6.61. The first-order valence-corrected chi connectivity index (χ1v) is 9.16. The first kappa shape index (κ1) is 21.3. The molecule has 0 aromatic heterocycles. The highest BCUT2D eigenvalue weighted by atomic mass is 16.5. The molecule has 0 fully saturated rings. The second-order valence-corrected chi connectivity index (χ2v) is 6.61. The van der Waals surface area contributed by atoms with E-state index in [1.54, 1.807) is 20.8 Å². The van der Waals surface area contributed by atoms with E-state index in [1.165, 1.54) is 6.42 Å². The number of Topliss-reactive ketones (excluding diaryl/α,β-unsaturated/α-hetero) is 2. The fourth-order valence-electron chi connectivity index (χ4n) is 2.98. The molecule has 2 radical (unpaired) electrons. The van der Waals surface area contributed by atoms with Crippen LogP contribution in [0.2, 0.25) is 0 Å². The summed E-state index contributed by atoms with van der Waals surface area (Å²) in [6, 6.07) is 0. The van der Waals surface area contributed by atoms with E-state index in [0.29, 0.717) is 35.3 Å². The average molecular weight is 346 g/mol. The molecular formula is C21H30O4. The van der Waals surface area contributed by atoms with E-state index in [1.807, 2.05) is 0 Å². The van der Waals surface area contributed by atoms with Crippen LogP contribution in [-0.4, -0.2) is 24.1 Å². The molecule has 0 unspecified atom stereocenters. The smallest absolute Gasteiger partial charge is 0.309 e. The lowest BCUT2D eigenvalue weighted by Crippen LogP contribution is -2.20. The zero-order chi connectivity index (χ0) is 18.8. The van der Waals surface area contributed by atoms with E-state index < -0.39 is 0 Å². The SMILES string of the molecule is [CH2][CH]C(=O)OCCCCCCCCCC1=C(C)C(=O)C(C)=C(C)C1=O. The molecule has 0 saturated heterocycles. The first-order valence-electron chi connectivity index (χ1n) is 9.16. The van der Waals surface area contributed by atoms with Crippen molar-refractivity contribution in [2.24, 2.45) is 0 Å². The van der Waals surface area contributed by atoms with Crippen LogP contribution in [0.4, 0.5) is 0 Å². The standard InChI is InChI=1S/C21H30O4/c1-5-19(22)25-14-12-10-8-6-7-9-11-13-18-17(4)20(23)15(2)16(3)21(18)24/h5H,1,6-14H2,2-4H3. The molecule has 0 amide bonds. The normalized spacial score (nSPS) is 15.2. The van der Waals surface area contributed by atoms with Gasteiger partial charge in [-0.05, 0) is 47.0 Å². The maximum absolute atomic E-state index is 12.3. The molecular weight excluding hydrogens is 316 g/mol. The number of allylic oxidation sites excluding steroid dienone is 4. The van der Waals surface area contributed by atoms with E-state index in [9.17, 15) is 14.4 Å². The Morgan fingerprint density at radius 1 is 0.840 bits per heavy atom. The van der Waals surface area contributed by atoms with Crippen molar-refractivity contribution in [1.82, 2.24) is 0 Å². The van der Waals surface area contributed by atoms with Gasteiger partial charge in [-0.1, -0.05) is 32.1 Å². The third-order valence-electron chi connectivity index (χ3n) is 4.79. The van der Waals surface area contributed by atoms with Gasteiger partial charge in [0.15, 0.2) is 11.6 Å². The Hall–Kier alpha value is -1.71. The molecule has 0 atom stereocenters. The number of ketones is 2. The molecule has 1 aliphatic carbocycles. The van der Waals surface area contributed by atoms with Gasteiger partial charge in [-0.25, -0.2) is 0 Å². The molecule has 25 heavy (non-hydrogen) atoms. The number of unbranched alkanes of at least 4 members (excludes halogenated alkanes) is 6. The number of ether oxygens (including phenoxy) is 1. The van der Waals surface area contributed by atoms with Crippen molar-refractivity contribution in [2.75, 3.05) is 6.61 Å². The van der Waals surface area contributed by atoms with Gasteiger partial charge in [-0.15, -0.1) is 0 Å². The van der Waals surface area contributed by atoms with Crippen LogP contribution < -0.4 is 0 Å². The first-order chi connectivity index (χ1) is 11.9. The molecule has 138 valence electrons. The Kier molecular flexibility index (Phi) is 9.40. The number of carbonyl (C=O) groups excluding carboxylic acids is 3. The van der Waals surface area contributed by atoms with Crippen LogP contribution in [0.3, 0.4) is 0 Å². The molecule has 0 bridgehead atoms. The fourth-order valence-corrected chi connectivity index (χ4v) is 2.98. The Balaban J connectivity index is 2.15. The maximum atomic E-state index is 12.3. The zero-order valence-electron chi connectivity index (χ0n) is 15.8. The van der Waals surface area contributed by atoms with Gasteiger partial charge in [0.25, 0.3) is 0 Å². The molecule has 0 saturated carbocycles. The Morgan fingerprint density at radius 2 is 1.36 bits per heavy atom. The molecule has 0 aromatic carbocycles. The Bertz CT molecular complexity index is 566. The van der Waals surface area contributed by atoms with E-state index in [2.05, 4.69) is 6.92 Å². The predicted molar refractivity (Wildman–Crippen MR) is 98.6 cm³/mol. The molecule has 0 aliphatic heterocycles. The summed E-state index contributed by atoms with van der Waals surface area (Å²) in [5.41, 5.74) is 2.52. The summed E-state index contributed by atoms with van der Waals surface area (Å²) in [5, 5.41) is 0.